The van der Waals surface area contributed by atoms with Crippen LogP contribution in [0.4, 0.5) is 5.69 Å². The number of nitrogens with two attached hydrogens (primary N) is 1. The minimum absolute atomic E-state index is 0.0814. The van der Waals surface area contributed by atoms with Crippen molar-refractivity contribution < 1.29 is 0 Å². The van der Waals surface area contributed by atoms with E-state index in [0.29, 0.717) is 0 Å². The highest BCUT2D eigenvalue weighted by Crippen LogP contribution is 2.27. The summed E-state index contributed by atoms with van der Waals surface area (Å²) in [6.45, 7) is 0.832. The molecule has 0 fully saturated rings. The highest BCUT2D eigenvalue weighted by molar-refractivity contribution is 9.10. The molecule has 0 atom stereocenters. The molecule has 0 amide bonds. The third kappa shape index (κ3) is 3.35. The molecule has 0 radical (unpaired) electrons. The van der Waals surface area contributed by atoms with Crippen molar-refractivity contribution in [2.24, 2.45) is 5.73 Å². The van der Waals surface area contributed by atoms with Gasteiger partial charge in [0, 0.05) is 23.6 Å². The maximum Gasteiger partial charge on any atom is 0.122 e. The average Bonchev–Trinajstić information content (AvgIpc) is 2.39. The van der Waals surface area contributed by atoms with Crippen LogP contribution in [0, 0.1) is 5.41 Å². The van der Waals surface area contributed by atoms with Crippen LogP contribution in [-0.4, -0.2) is 12.9 Å². The van der Waals surface area contributed by atoms with Gasteiger partial charge in [0.1, 0.15) is 5.84 Å². The molecule has 0 aliphatic heterocycles. The second-order valence-corrected chi connectivity index (χ2v) is 5.28. The number of rotatable bonds is 4. The van der Waals surface area contributed by atoms with E-state index in [9.17, 15) is 0 Å². The Kier molecular flexibility index (Phi) is 4.22. The molecule has 0 saturated heterocycles. The molecule has 2 rings (SSSR count). The zero-order valence-electron chi connectivity index (χ0n) is 10.7. The number of anilines is 1. The number of nitrogens with zero attached hydrogens (tertiary/aromatic N) is 1. The van der Waals surface area contributed by atoms with Crippen molar-refractivity contribution in [1.82, 2.24) is 0 Å². The summed E-state index contributed by atoms with van der Waals surface area (Å²) in [5.74, 6) is 0.0814. The van der Waals surface area contributed by atoms with Crippen molar-refractivity contribution in [3.63, 3.8) is 0 Å². The first-order valence-corrected chi connectivity index (χ1v) is 6.76. The zero-order valence-corrected chi connectivity index (χ0v) is 12.3. The number of nitrogens with one attached hydrogen (secondary N) is 1. The first-order chi connectivity index (χ1) is 9.08. The van der Waals surface area contributed by atoms with Crippen LogP contribution in [-0.2, 0) is 6.54 Å². The summed E-state index contributed by atoms with van der Waals surface area (Å²) >= 11 is 3.54. The van der Waals surface area contributed by atoms with Crippen LogP contribution in [0.1, 0.15) is 11.1 Å². The lowest BCUT2D eigenvalue weighted by molar-refractivity contribution is 0.920. The monoisotopic (exact) mass is 317 g/mol. The summed E-state index contributed by atoms with van der Waals surface area (Å²) in [6, 6.07) is 16.0. The molecule has 0 spiro atoms. The van der Waals surface area contributed by atoms with E-state index in [1.807, 2.05) is 43.4 Å². The lowest BCUT2D eigenvalue weighted by atomic mass is 10.1. The van der Waals surface area contributed by atoms with Crippen molar-refractivity contribution in [3.05, 3.63) is 64.1 Å². The van der Waals surface area contributed by atoms with Gasteiger partial charge >= 0.3 is 0 Å². The third-order valence-electron chi connectivity index (χ3n) is 2.93. The Morgan fingerprint density at radius 1 is 1.21 bits per heavy atom. The van der Waals surface area contributed by atoms with Gasteiger partial charge in [0.2, 0.25) is 0 Å². The third-order valence-corrected chi connectivity index (χ3v) is 3.57. The van der Waals surface area contributed by atoms with Crippen molar-refractivity contribution >= 4 is 27.5 Å². The maximum atomic E-state index is 7.43. The molecule has 98 valence electrons. The van der Waals surface area contributed by atoms with Gasteiger partial charge in [-0.3, -0.25) is 5.41 Å². The summed E-state index contributed by atoms with van der Waals surface area (Å²) in [5.41, 5.74) is 8.54. The SMILES string of the molecule is CN(Cc1ccccc1)c1ccc(C(=N)N)cc1Br. The first-order valence-electron chi connectivity index (χ1n) is 5.97. The Balaban J connectivity index is 2.20. The number of hydrogen-bond donors (Lipinski definition) is 2. The van der Waals surface area contributed by atoms with Gasteiger partial charge in [0.05, 0.1) is 5.69 Å². The van der Waals surface area contributed by atoms with E-state index < -0.39 is 0 Å². The number of halogens is 1. The topological polar surface area (TPSA) is 53.1 Å². The molecule has 4 heteroatoms. The molecule has 0 saturated carbocycles. The molecular weight excluding hydrogens is 302 g/mol. The molecule has 3 nitrogen and oxygen atoms in total. The summed E-state index contributed by atoms with van der Waals surface area (Å²) in [7, 11) is 2.04. The van der Waals surface area contributed by atoms with Gasteiger partial charge in [-0.15, -0.1) is 0 Å². The standard InChI is InChI=1S/C15H16BrN3/c1-19(10-11-5-3-2-4-6-11)14-8-7-12(15(17)18)9-13(14)16/h2-9H,10H2,1H3,(H3,17,18). The molecule has 0 heterocycles. The summed E-state index contributed by atoms with van der Waals surface area (Å²) in [4.78, 5) is 2.16. The lowest BCUT2D eigenvalue weighted by Gasteiger charge is -2.21. The van der Waals surface area contributed by atoms with E-state index in [2.05, 4.69) is 33.0 Å². The molecule has 0 aromatic heterocycles. The summed E-state index contributed by atoms with van der Waals surface area (Å²) in [6.07, 6.45) is 0. The molecule has 3 N–H and O–H groups in total. The average molecular weight is 318 g/mol. The summed E-state index contributed by atoms with van der Waals surface area (Å²) in [5, 5.41) is 7.43. The van der Waals surface area contributed by atoms with E-state index in [-0.39, 0.29) is 5.84 Å². The van der Waals surface area contributed by atoms with Gasteiger partial charge in [0.15, 0.2) is 0 Å². The van der Waals surface area contributed by atoms with Gasteiger partial charge in [-0.1, -0.05) is 30.3 Å². The van der Waals surface area contributed by atoms with Gasteiger partial charge in [-0.2, -0.15) is 0 Å². The van der Waals surface area contributed by atoms with Crippen LogP contribution in [0.15, 0.2) is 53.0 Å². The van der Waals surface area contributed by atoms with Crippen molar-refractivity contribution in [2.75, 3.05) is 11.9 Å². The highest BCUT2D eigenvalue weighted by Gasteiger charge is 2.08. The predicted octanol–water partition coefficient (Wildman–Crippen LogP) is 3.37. The Bertz CT molecular complexity index is 581. The van der Waals surface area contributed by atoms with Crippen LogP contribution in [0.3, 0.4) is 0 Å². The maximum absolute atomic E-state index is 7.43. The van der Waals surface area contributed by atoms with Gasteiger partial charge in [-0.25, -0.2) is 0 Å². The van der Waals surface area contributed by atoms with Crippen LogP contribution < -0.4 is 10.6 Å². The molecule has 0 unspecified atom stereocenters. The van der Waals surface area contributed by atoms with Crippen LogP contribution in [0.25, 0.3) is 0 Å². The fourth-order valence-corrected chi connectivity index (χ4v) is 2.61. The quantitative estimate of drug-likeness (QED) is 0.671. The smallest absolute Gasteiger partial charge is 0.122 e. The molecule has 0 bridgehead atoms. The predicted molar refractivity (Wildman–Crippen MR) is 83.7 cm³/mol. The van der Waals surface area contributed by atoms with Crippen molar-refractivity contribution in [3.8, 4) is 0 Å². The number of amidine groups is 1. The largest absolute Gasteiger partial charge is 0.384 e. The lowest BCUT2D eigenvalue weighted by Crippen LogP contribution is -2.17. The molecule has 2 aromatic carbocycles. The minimum atomic E-state index is 0.0814. The van der Waals surface area contributed by atoms with Gasteiger partial charge in [-0.05, 0) is 39.7 Å². The summed E-state index contributed by atoms with van der Waals surface area (Å²) < 4.78 is 0.943. The molecular formula is C15H16BrN3. The van der Waals surface area contributed by atoms with E-state index >= 15 is 0 Å². The Morgan fingerprint density at radius 3 is 2.47 bits per heavy atom. The number of nitrogen functional groups attached to an aromatic ring is 1. The Morgan fingerprint density at radius 2 is 1.89 bits per heavy atom. The second-order valence-electron chi connectivity index (χ2n) is 4.42. The highest BCUT2D eigenvalue weighted by atomic mass is 79.9. The normalized spacial score (nSPS) is 10.2. The van der Waals surface area contributed by atoms with E-state index in [1.165, 1.54) is 5.56 Å². The Labute approximate surface area is 121 Å². The minimum Gasteiger partial charge on any atom is -0.384 e. The zero-order chi connectivity index (χ0) is 13.8. The Hall–Kier alpha value is -1.81. The number of benzene rings is 2. The molecule has 0 aliphatic rings. The molecule has 2 aromatic rings. The van der Waals surface area contributed by atoms with Crippen molar-refractivity contribution in [1.29, 1.82) is 5.41 Å². The second kappa shape index (κ2) is 5.89. The van der Waals surface area contributed by atoms with E-state index in [0.717, 1.165) is 22.3 Å². The van der Waals surface area contributed by atoms with Crippen LogP contribution in [0.2, 0.25) is 0 Å². The van der Waals surface area contributed by atoms with Crippen LogP contribution in [0.5, 0.6) is 0 Å². The van der Waals surface area contributed by atoms with Gasteiger partial charge < -0.3 is 10.6 Å². The van der Waals surface area contributed by atoms with E-state index in [4.69, 9.17) is 11.1 Å². The van der Waals surface area contributed by atoms with Gasteiger partial charge in [0.25, 0.3) is 0 Å². The molecule has 19 heavy (non-hydrogen) atoms. The number of hydrogen-bond acceptors (Lipinski definition) is 2. The fourth-order valence-electron chi connectivity index (χ4n) is 1.93. The molecule has 0 aliphatic carbocycles. The fraction of sp³-hybridized carbons (Fsp3) is 0.133. The van der Waals surface area contributed by atoms with Crippen molar-refractivity contribution in [2.45, 2.75) is 6.54 Å². The first kappa shape index (κ1) is 13.6. The van der Waals surface area contributed by atoms with Crippen LogP contribution >= 0.6 is 15.9 Å². The van der Waals surface area contributed by atoms with E-state index in [1.54, 1.807) is 0 Å².